The Hall–Kier alpha value is -2.50. The monoisotopic (exact) mass is 273 g/mol. The van der Waals surface area contributed by atoms with E-state index in [1.54, 1.807) is 28.9 Å². The summed E-state index contributed by atoms with van der Waals surface area (Å²) < 4.78 is 1.76. The Morgan fingerprint density at radius 3 is 2.70 bits per heavy atom. The highest BCUT2D eigenvalue weighted by atomic mass is 16.2. The third-order valence-electron chi connectivity index (χ3n) is 2.93. The lowest BCUT2D eigenvalue weighted by Gasteiger charge is -2.07. The largest absolute Gasteiger partial charge is 0.399 e. The molecule has 0 radical (unpaired) electrons. The van der Waals surface area contributed by atoms with Crippen molar-refractivity contribution in [2.24, 2.45) is 7.05 Å². The normalized spacial score (nSPS) is 10.3. The minimum Gasteiger partial charge on any atom is -0.399 e. The van der Waals surface area contributed by atoms with Gasteiger partial charge in [-0.25, -0.2) is 4.79 Å². The molecular formula is C14H19N5O. The van der Waals surface area contributed by atoms with Crippen molar-refractivity contribution < 1.29 is 4.79 Å². The summed E-state index contributed by atoms with van der Waals surface area (Å²) in [5.41, 5.74) is 8.99. The molecule has 0 aliphatic rings. The predicted octanol–water partition coefficient (Wildman–Crippen LogP) is 1.89. The van der Waals surface area contributed by atoms with Crippen LogP contribution in [0.15, 0.2) is 30.5 Å². The third-order valence-corrected chi connectivity index (χ3v) is 2.93. The van der Waals surface area contributed by atoms with Gasteiger partial charge in [0.05, 0.1) is 5.69 Å². The molecule has 0 aliphatic heterocycles. The van der Waals surface area contributed by atoms with Crippen LogP contribution in [-0.4, -0.2) is 15.8 Å². The maximum absolute atomic E-state index is 11.8. The van der Waals surface area contributed by atoms with Crippen molar-refractivity contribution in [2.45, 2.75) is 19.9 Å². The van der Waals surface area contributed by atoms with Gasteiger partial charge in [0.15, 0.2) is 0 Å². The van der Waals surface area contributed by atoms with Crippen molar-refractivity contribution >= 4 is 17.4 Å². The number of hydrogen-bond acceptors (Lipinski definition) is 3. The van der Waals surface area contributed by atoms with E-state index in [-0.39, 0.29) is 6.03 Å². The Kier molecular flexibility index (Phi) is 4.24. The zero-order valence-electron chi connectivity index (χ0n) is 11.7. The number of nitrogen functional groups attached to an aromatic ring is 1. The molecule has 106 valence electrons. The average Bonchev–Trinajstić information content (AvgIpc) is 2.79. The minimum absolute atomic E-state index is 0.249. The number of carbonyl (C=O) groups is 1. The Morgan fingerprint density at radius 1 is 1.35 bits per heavy atom. The lowest BCUT2D eigenvalue weighted by atomic mass is 10.2. The van der Waals surface area contributed by atoms with Crippen LogP contribution in [0.1, 0.15) is 18.2 Å². The molecule has 20 heavy (non-hydrogen) atoms. The first-order valence-corrected chi connectivity index (χ1v) is 6.50. The molecule has 6 nitrogen and oxygen atoms in total. The van der Waals surface area contributed by atoms with E-state index in [4.69, 9.17) is 5.73 Å². The van der Waals surface area contributed by atoms with Crippen LogP contribution in [0.3, 0.4) is 0 Å². The van der Waals surface area contributed by atoms with Crippen LogP contribution in [-0.2, 0) is 20.0 Å². The predicted molar refractivity (Wildman–Crippen MR) is 79.3 cm³/mol. The molecule has 0 saturated carbocycles. The van der Waals surface area contributed by atoms with Crippen LogP contribution < -0.4 is 16.4 Å². The van der Waals surface area contributed by atoms with Crippen molar-refractivity contribution in [1.29, 1.82) is 0 Å². The number of nitrogens with one attached hydrogen (secondary N) is 2. The topological polar surface area (TPSA) is 85.0 Å². The van der Waals surface area contributed by atoms with Gasteiger partial charge in [0.1, 0.15) is 0 Å². The van der Waals surface area contributed by atoms with Gasteiger partial charge >= 0.3 is 6.03 Å². The molecule has 0 fully saturated rings. The van der Waals surface area contributed by atoms with Gasteiger partial charge in [-0.05, 0) is 30.7 Å². The molecule has 2 aromatic rings. The molecule has 6 heteroatoms. The number of anilines is 2. The summed E-state index contributed by atoms with van der Waals surface area (Å²) in [6.45, 7) is 2.50. The second kappa shape index (κ2) is 6.10. The number of aryl methyl sites for hydroxylation is 2. The van der Waals surface area contributed by atoms with E-state index < -0.39 is 0 Å². The fourth-order valence-corrected chi connectivity index (χ4v) is 1.95. The zero-order chi connectivity index (χ0) is 14.5. The molecule has 0 unspecified atom stereocenters. The second-order valence-corrected chi connectivity index (χ2v) is 4.56. The van der Waals surface area contributed by atoms with E-state index in [1.807, 2.05) is 20.2 Å². The SMILES string of the molecule is CCc1nn(C)cc1CNC(=O)Nc1ccc(N)cc1. The highest BCUT2D eigenvalue weighted by Crippen LogP contribution is 2.10. The molecule has 2 rings (SSSR count). The van der Waals surface area contributed by atoms with E-state index >= 15 is 0 Å². The number of rotatable bonds is 4. The van der Waals surface area contributed by atoms with Crippen LogP contribution in [0, 0.1) is 0 Å². The molecule has 0 spiro atoms. The van der Waals surface area contributed by atoms with Gasteiger partial charge in [0.25, 0.3) is 0 Å². The number of nitrogens with two attached hydrogens (primary N) is 1. The first kappa shape index (κ1) is 13.9. The molecule has 4 N–H and O–H groups in total. The number of hydrogen-bond donors (Lipinski definition) is 3. The molecule has 1 heterocycles. The van der Waals surface area contributed by atoms with Gasteiger partial charge in [-0.15, -0.1) is 0 Å². The maximum atomic E-state index is 11.8. The van der Waals surface area contributed by atoms with E-state index in [0.717, 1.165) is 17.7 Å². The molecule has 0 bridgehead atoms. The number of benzene rings is 1. The first-order valence-electron chi connectivity index (χ1n) is 6.50. The summed E-state index contributed by atoms with van der Waals surface area (Å²) in [7, 11) is 1.87. The van der Waals surface area contributed by atoms with E-state index in [2.05, 4.69) is 15.7 Å². The summed E-state index contributed by atoms with van der Waals surface area (Å²) in [5.74, 6) is 0. The van der Waals surface area contributed by atoms with Crippen molar-refractivity contribution in [3.63, 3.8) is 0 Å². The molecule has 0 saturated heterocycles. The van der Waals surface area contributed by atoms with Crippen molar-refractivity contribution in [3.05, 3.63) is 41.7 Å². The van der Waals surface area contributed by atoms with E-state index in [1.165, 1.54) is 0 Å². The first-order chi connectivity index (χ1) is 9.58. The lowest BCUT2D eigenvalue weighted by molar-refractivity contribution is 0.251. The van der Waals surface area contributed by atoms with E-state index in [0.29, 0.717) is 17.9 Å². The van der Waals surface area contributed by atoms with Crippen LogP contribution >= 0.6 is 0 Å². The number of aromatic nitrogens is 2. The van der Waals surface area contributed by atoms with Gasteiger partial charge in [-0.3, -0.25) is 4.68 Å². The number of nitrogens with zero attached hydrogens (tertiary/aromatic N) is 2. The van der Waals surface area contributed by atoms with E-state index in [9.17, 15) is 4.79 Å². The Balaban J connectivity index is 1.90. The number of amides is 2. The van der Waals surface area contributed by atoms with Gasteiger partial charge in [-0.2, -0.15) is 5.10 Å². The summed E-state index contributed by atoms with van der Waals surface area (Å²) in [6, 6.07) is 6.76. The average molecular weight is 273 g/mol. The third kappa shape index (κ3) is 3.50. The fraction of sp³-hybridized carbons (Fsp3) is 0.286. The Morgan fingerprint density at radius 2 is 2.05 bits per heavy atom. The van der Waals surface area contributed by atoms with Gasteiger partial charge < -0.3 is 16.4 Å². The Labute approximate surface area is 118 Å². The van der Waals surface area contributed by atoms with Gasteiger partial charge in [-0.1, -0.05) is 6.92 Å². The number of urea groups is 1. The van der Waals surface area contributed by atoms with Crippen LogP contribution in [0.2, 0.25) is 0 Å². The minimum atomic E-state index is -0.249. The molecule has 2 amide bonds. The summed E-state index contributed by atoms with van der Waals surface area (Å²) in [6.07, 6.45) is 2.76. The molecule has 0 aliphatic carbocycles. The summed E-state index contributed by atoms with van der Waals surface area (Å²) in [5, 5.41) is 9.90. The van der Waals surface area contributed by atoms with Crippen molar-refractivity contribution in [3.8, 4) is 0 Å². The smallest absolute Gasteiger partial charge is 0.319 e. The van der Waals surface area contributed by atoms with Crippen molar-refractivity contribution in [2.75, 3.05) is 11.1 Å². The Bertz CT molecular complexity index is 588. The summed E-state index contributed by atoms with van der Waals surface area (Å²) in [4.78, 5) is 11.8. The summed E-state index contributed by atoms with van der Waals surface area (Å²) >= 11 is 0. The highest BCUT2D eigenvalue weighted by molar-refractivity contribution is 5.89. The molecular weight excluding hydrogens is 254 g/mol. The van der Waals surface area contributed by atoms with Gasteiger partial charge in [0, 0.05) is 36.7 Å². The maximum Gasteiger partial charge on any atom is 0.319 e. The highest BCUT2D eigenvalue weighted by Gasteiger charge is 2.07. The van der Waals surface area contributed by atoms with Crippen LogP contribution in [0.25, 0.3) is 0 Å². The van der Waals surface area contributed by atoms with Gasteiger partial charge in [0.2, 0.25) is 0 Å². The van der Waals surface area contributed by atoms with Crippen LogP contribution in [0.5, 0.6) is 0 Å². The lowest BCUT2D eigenvalue weighted by Crippen LogP contribution is -2.28. The standard InChI is InChI=1S/C14H19N5O/c1-3-13-10(9-19(2)18-13)8-16-14(20)17-12-6-4-11(15)5-7-12/h4-7,9H,3,8,15H2,1-2H3,(H2,16,17,20). The quantitative estimate of drug-likeness (QED) is 0.744. The number of carbonyl (C=O) groups excluding carboxylic acids is 1. The molecule has 1 aromatic carbocycles. The fourth-order valence-electron chi connectivity index (χ4n) is 1.95. The molecule has 1 aromatic heterocycles. The van der Waals surface area contributed by atoms with Crippen molar-refractivity contribution in [1.82, 2.24) is 15.1 Å². The second-order valence-electron chi connectivity index (χ2n) is 4.56. The molecule has 0 atom stereocenters. The zero-order valence-corrected chi connectivity index (χ0v) is 11.7. The van der Waals surface area contributed by atoms with Crippen LogP contribution in [0.4, 0.5) is 16.2 Å².